The standard InChI is InChI=1S/C30H27N5O4S/c1-2-24(36)32-18-8-10-19(11-9-18)33-28(37)27-26-25-23(16-17-31-29(25)40-27)35(30(38)34-26)20-12-14-22(15-13-20)39-21-6-4-3-5-7-21/h2-7,12-19H,1,8-11H2,(H,32,36)(H,33,37)(H,34,38)/t18-,19+. The van der Waals surface area contributed by atoms with E-state index >= 15 is 0 Å². The molecule has 0 atom stereocenters. The first kappa shape index (κ1) is 25.6. The Morgan fingerprint density at radius 1 is 0.975 bits per heavy atom. The molecular weight excluding hydrogens is 526 g/mol. The summed E-state index contributed by atoms with van der Waals surface area (Å²) in [5.74, 6) is 0.961. The van der Waals surface area contributed by atoms with Gasteiger partial charge in [0.15, 0.2) is 0 Å². The van der Waals surface area contributed by atoms with Gasteiger partial charge in [0, 0.05) is 18.3 Å². The van der Waals surface area contributed by atoms with Gasteiger partial charge in [-0.3, -0.25) is 14.5 Å². The van der Waals surface area contributed by atoms with Crippen molar-refractivity contribution in [1.82, 2.24) is 15.6 Å². The zero-order valence-electron chi connectivity index (χ0n) is 21.6. The van der Waals surface area contributed by atoms with Gasteiger partial charge in [-0.25, -0.2) is 9.78 Å². The number of carbonyl (C=O) groups excluding carboxylic acids is 3. The number of benzene rings is 2. The number of aromatic nitrogens is 1. The van der Waals surface area contributed by atoms with Gasteiger partial charge in [0.25, 0.3) is 5.91 Å². The fourth-order valence-corrected chi connectivity index (χ4v) is 6.20. The number of nitrogens with zero attached hydrogens (tertiary/aromatic N) is 2. The molecule has 1 aliphatic carbocycles. The van der Waals surface area contributed by atoms with Crippen molar-refractivity contribution in [1.29, 1.82) is 0 Å². The van der Waals surface area contributed by atoms with Gasteiger partial charge in [0.05, 0.1) is 22.4 Å². The van der Waals surface area contributed by atoms with Crippen molar-refractivity contribution in [3.05, 3.63) is 84.4 Å². The zero-order chi connectivity index (χ0) is 27.6. The maximum Gasteiger partial charge on any atom is 0.331 e. The highest BCUT2D eigenvalue weighted by Crippen LogP contribution is 2.46. The van der Waals surface area contributed by atoms with Crippen LogP contribution >= 0.6 is 11.3 Å². The van der Waals surface area contributed by atoms with Crippen molar-refractivity contribution in [2.24, 2.45) is 0 Å². The fourth-order valence-electron chi connectivity index (χ4n) is 5.18. The van der Waals surface area contributed by atoms with E-state index in [1.165, 1.54) is 17.4 Å². The van der Waals surface area contributed by atoms with E-state index in [1.807, 2.05) is 54.6 Å². The highest BCUT2D eigenvalue weighted by molar-refractivity contribution is 7.21. The van der Waals surface area contributed by atoms with Crippen molar-refractivity contribution in [2.45, 2.75) is 37.8 Å². The quantitative estimate of drug-likeness (QED) is 0.239. The molecule has 9 nitrogen and oxygen atoms in total. The Kier molecular flexibility index (Phi) is 6.91. The van der Waals surface area contributed by atoms with Crippen LogP contribution in [0.15, 0.2) is 79.5 Å². The summed E-state index contributed by atoms with van der Waals surface area (Å²) < 4.78 is 5.89. The largest absolute Gasteiger partial charge is 0.457 e. The molecule has 1 saturated carbocycles. The average Bonchev–Trinajstić information content (AvgIpc) is 3.35. The Morgan fingerprint density at radius 3 is 2.35 bits per heavy atom. The van der Waals surface area contributed by atoms with Crippen molar-refractivity contribution in [2.75, 3.05) is 10.2 Å². The van der Waals surface area contributed by atoms with Gasteiger partial charge in [-0.15, -0.1) is 11.3 Å². The molecule has 6 rings (SSSR count). The molecule has 3 heterocycles. The predicted octanol–water partition coefficient (Wildman–Crippen LogP) is 6.12. The Labute approximate surface area is 234 Å². The second-order valence-electron chi connectivity index (χ2n) is 9.73. The Hall–Kier alpha value is -4.70. The molecule has 202 valence electrons. The first-order valence-corrected chi connectivity index (χ1v) is 13.9. The maximum atomic E-state index is 13.4. The smallest absolute Gasteiger partial charge is 0.331 e. The first-order valence-electron chi connectivity index (χ1n) is 13.1. The fraction of sp³-hybridized carbons (Fsp3) is 0.200. The first-order chi connectivity index (χ1) is 19.5. The minimum atomic E-state index is -0.359. The number of para-hydroxylation sites is 1. The molecule has 40 heavy (non-hydrogen) atoms. The van der Waals surface area contributed by atoms with E-state index in [0.717, 1.165) is 36.8 Å². The molecule has 0 saturated heterocycles. The number of hydrogen-bond donors (Lipinski definition) is 3. The lowest BCUT2D eigenvalue weighted by molar-refractivity contribution is -0.117. The minimum Gasteiger partial charge on any atom is -0.457 e. The molecule has 3 N–H and O–H groups in total. The molecule has 0 spiro atoms. The van der Waals surface area contributed by atoms with Gasteiger partial charge >= 0.3 is 6.03 Å². The molecule has 10 heteroatoms. The number of pyridine rings is 1. The van der Waals surface area contributed by atoms with E-state index in [-0.39, 0.29) is 29.9 Å². The van der Waals surface area contributed by atoms with Gasteiger partial charge in [-0.05, 0) is 74.2 Å². The molecule has 2 aliphatic rings. The van der Waals surface area contributed by atoms with E-state index in [2.05, 4.69) is 27.5 Å². The van der Waals surface area contributed by atoms with E-state index in [1.54, 1.807) is 17.2 Å². The lowest BCUT2D eigenvalue weighted by atomic mass is 9.91. The van der Waals surface area contributed by atoms with E-state index in [4.69, 9.17) is 4.74 Å². The highest BCUT2D eigenvalue weighted by atomic mass is 32.1. The van der Waals surface area contributed by atoms with Gasteiger partial charge in [-0.2, -0.15) is 0 Å². The molecule has 1 fully saturated rings. The summed E-state index contributed by atoms with van der Waals surface area (Å²) >= 11 is 1.26. The van der Waals surface area contributed by atoms with Crippen LogP contribution in [0.3, 0.4) is 0 Å². The summed E-state index contributed by atoms with van der Waals surface area (Å²) in [6, 6.07) is 18.2. The number of urea groups is 1. The summed E-state index contributed by atoms with van der Waals surface area (Å²) in [5.41, 5.74) is 1.81. The SMILES string of the molecule is C=CC(=O)N[C@H]1CC[C@@H](NC(=O)c2sc3nccc4c3c2NC(=O)N4c2ccc(Oc3ccccc3)cc2)CC1. The molecule has 0 bridgehead atoms. The molecule has 0 radical (unpaired) electrons. The summed E-state index contributed by atoms with van der Waals surface area (Å²) in [4.78, 5) is 45.5. The summed E-state index contributed by atoms with van der Waals surface area (Å²) in [5, 5.41) is 9.71. The number of thiophene rings is 1. The second kappa shape index (κ2) is 10.8. The van der Waals surface area contributed by atoms with Gasteiger partial charge in [0.1, 0.15) is 21.2 Å². The van der Waals surface area contributed by atoms with Crippen molar-refractivity contribution < 1.29 is 19.1 Å². The van der Waals surface area contributed by atoms with Crippen LogP contribution < -0.4 is 25.6 Å². The number of ether oxygens (including phenoxy) is 1. The number of amides is 4. The van der Waals surface area contributed by atoms with Crippen LogP contribution in [0.2, 0.25) is 0 Å². The number of nitrogens with one attached hydrogen (secondary N) is 3. The van der Waals surface area contributed by atoms with Crippen LogP contribution in [0.5, 0.6) is 11.5 Å². The molecule has 2 aromatic carbocycles. The topological polar surface area (TPSA) is 113 Å². The number of hydrogen-bond acceptors (Lipinski definition) is 6. The molecule has 2 aromatic heterocycles. The Balaban J connectivity index is 1.21. The second-order valence-corrected chi connectivity index (χ2v) is 10.7. The molecule has 4 amide bonds. The van der Waals surface area contributed by atoms with Crippen LogP contribution in [0.1, 0.15) is 35.4 Å². The number of rotatable bonds is 7. The zero-order valence-corrected chi connectivity index (χ0v) is 22.4. The third kappa shape index (κ3) is 5.01. The Bertz CT molecular complexity index is 1590. The van der Waals surface area contributed by atoms with Crippen molar-refractivity contribution >= 4 is 56.5 Å². The molecule has 0 unspecified atom stereocenters. The highest BCUT2D eigenvalue weighted by Gasteiger charge is 2.33. The third-order valence-electron chi connectivity index (χ3n) is 7.12. The summed E-state index contributed by atoms with van der Waals surface area (Å²) in [7, 11) is 0. The van der Waals surface area contributed by atoms with Crippen LogP contribution in [0, 0.1) is 0 Å². The number of carbonyl (C=O) groups is 3. The van der Waals surface area contributed by atoms with Crippen LogP contribution in [-0.4, -0.2) is 34.9 Å². The lowest BCUT2D eigenvalue weighted by Gasteiger charge is -2.30. The van der Waals surface area contributed by atoms with Crippen LogP contribution in [0.25, 0.3) is 10.2 Å². The average molecular weight is 554 g/mol. The molecule has 1 aliphatic heterocycles. The predicted molar refractivity (Wildman–Crippen MR) is 156 cm³/mol. The maximum absolute atomic E-state index is 13.4. The van der Waals surface area contributed by atoms with E-state index in [9.17, 15) is 14.4 Å². The van der Waals surface area contributed by atoms with Crippen molar-refractivity contribution in [3.63, 3.8) is 0 Å². The minimum absolute atomic E-state index is 0.0124. The Morgan fingerprint density at radius 2 is 1.65 bits per heavy atom. The lowest BCUT2D eigenvalue weighted by Crippen LogP contribution is -2.43. The van der Waals surface area contributed by atoms with Crippen LogP contribution in [0.4, 0.5) is 21.9 Å². The van der Waals surface area contributed by atoms with Gasteiger partial charge in [-0.1, -0.05) is 24.8 Å². The van der Waals surface area contributed by atoms with E-state index in [0.29, 0.717) is 32.5 Å². The van der Waals surface area contributed by atoms with Gasteiger partial charge in [0.2, 0.25) is 5.91 Å². The third-order valence-corrected chi connectivity index (χ3v) is 8.22. The van der Waals surface area contributed by atoms with Crippen LogP contribution in [-0.2, 0) is 4.79 Å². The van der Waals surface area contributed by atoms with Gasteiger partial charge < -0.3 is 20.7 Å². The summed E-state index contributed by atoms with van der Waals surface area (Å²) in [6.45, 7) is 3.49. The van der Waals surface area contributed by atoms with Crippen molar-refractivity contribution in [3.8, 4) is 11.5 Å². The monoisotopic (exact) mass is 553 g/mol. The molecular formula is C30H27N5O4S. The van der Waals surface area contributed by atoms with E-state index < -0.39 is 0 Å². The number of anilines is 3. The normalized spacial score (nSPS) is 18.1. The summed E-state index contributed by atoms with van der Waals surface area (Å²) in [6.07, 6.45) is 5.97. The molecule has 4 aromatic rings.